The van der Waals surface area contributed by atoms with Crippen LogP contribution in [0, 0.1) is 11.8 Å². The highest BCUT2D eigenvalue weighted by atomic mass is 16.5. The molecule has 9 nitrogen and oxygen atoms in total. The van der Waals surface area contributed by atoms with Crippen molar-refractivity contribution < 1.29 is 19.5 Å². The van der Waals surface area contributed by atoms with E-state index in [1.807, 2.05) is 47.0 Å². The molecule has 34 heavy (non-hydrogen) atoms. The number of pyridine rings is 1. The summed E-state index contributed by atoms with van der Waals surface area (Å²) in [5, 5.41) is 25.4. The Balaban J connectivity index is 1.37. The number of carboxylic acids is 1. The van der Waals surface area contributed by atoms with Gasteiger partial charge in [-0.2, -0.15) is 0 Å². The third-order valence-corrected chi connectivity index (χ3v) is 4.94. The van der Waals surface area contributed by atoms with Crippen molar-refractivity contribution in [2.45, 2.75) is 26.1 Å². The lowest BCUT2D eigenvalue weighted by Crippen LogP contribution is -2.22. The Hall–Kier alpha value is -4.26. The van der Waals surface area contributed by atoms with Gasteiger partial charge in [-0.3, -0.25) is 9.78 Å². The average Bonchev–Trinajstić information content (AvgIpc) is 3.49. The van der Waals surface area contributed by atoms with Gasteiger partial charge in [0.2, 0.25) is 0 Å². The van der Waals surface area contributed by atoms with E-state index in [4.69, 9.17) is 9.63 Å². The minimum atomic E-state index is -0.905. The number of carboxylic acid groups (broad SMARTS) is 1. The van der Waals surface area contributed by atoms with Crippen LogP contribution in [0.1, 0.15) is 41.4 Å². The summed E-state index contributed by atoms with van der Waals surface area (Å²) in [6, 6.07) is 13.2. The number of aromatic nitrogens is 4. The number of nitrogens with one attached hydrogen (secondary N) is 1. The number of aliphatic carboxylic acids is 1. The Kier molecular flexibility index (Phi) is 7.13. The molecule has 0 amide bonds. The molecule has 3 heterocycles. The zero-order valence-corrected chi connectivity index (χ0v) is 18.5. The maximum absolute atomic E-state index is 10.5. The van der Waals surface area contributed by atoms with E-state index in [1.165, 1.54) is 0 Å². The lowest BCUT2D eigenvalue weighted by atomic mass is 10.1. The number of nitrogens with zero attached hydrogens (tertiary/aromatic N) is 4. The first-order chi connectivity index (χ1) is 16.5. The van der Waals surface area contributed by atoms with Crippen LogP contribution >= 0.6 is 0 Å². The lowest BCUT2D eigenvalue weighted by molar-refractivity contribution is -0.136. The molecule has 0 aliphatic heterocycles. The number of imidazole rings is 1. The number of carbonyl (C=O) groups is 1. The fraction of sp³-hybridized carbons (Fsp3) is 0.200. The summed E-state index contributed by atoms with van der Waals surface area (Å²) < 4.78 is 7.33. The SMILES string of the molecule is C[C@H](O)c1nccn1Cc1cc(-c2ccc(C#Cc3ccc(CNCC(=O)O)nc3)cc2)on1. The molecule has 0 aliphatic carbocycles. The molecule has 172 valence electrons. The summed E-state index contributed by atoms with van der Waals surface area (Å²) in [6.45, 7) is 2.40. The molecule has 0 saturated carbocycles. The highest BCUT2D eigenvalue weighted by molar-refractivity contribution is 5.69. The highest BCUT2D eigenvalue weighted by Crippen LogP contribution is 2.22. The summed E-state index contributed by atoms with van der Waals surface area (Å²) in [7, 11) is 0. The van der Waals surface area contributed by atoms with Crippen LogP contribution in [0.3, 0.4) is 0 Å². The molecular formula is C25H23N5O4. The van der Waals surface area contributed by atoms with Crippen molar-refractivity contribution in [3.05, 3.63) is 89.4 Å². The maximum Gasteiger partial charge on any atom is 0.317 e. The zero-order chi connectivity index (χ0) is 23.9. The van der Waals surface area contributed by atoms with Gasteiger partial charge in [0.1, 0.15) is 17.6 Å². The molecule has 1 aromatic carbocycles. The third-order valence-electron chi connectivity index (χ3n) is 4.94. The minimum absolute atomic E-state index is 0.108. The monoisotopic (exact) mass is 457 g/mol. The van der Waals surface area contributed by atoms with E-state index < -0.39 is 12.1 Å². The van der Waals surface area contributed by atoms with Crippen LogP contribution in [0.5, 0.6) is 0 Å². The molecule has 0 radical (unpaired) electrons. The summed E-state index contributed by atoms with van der Waals surface area (Å²) in [4.78, 5) is 19.0. The normalized spacial score (nSPS) is 11.6. The molecule has 3 aromatic heterocycles. The summed E-state index contributed by atoms with van der Waals surface area (Å²) in [6.07, 6.45) is 4.44. The van der Waals surface area contributed by atoms with Crippen molar-refractivity contribution in [3.8, 4) is 23.2 Å². The number of rotatable bonds is 8. The van der Waals surface area contributed by atoms with Gasteiger partial charge in [-0.1, -0.05) is 17.0 Å². The van der Waals surface area contributed by atoms with Crippen molar-refractivity contribution in [2.24, 2.45) is 0 Å². The van der Waals surface area contributed by atoms with E-state index in [2.05, 4.69) is 32.3 Å². The van der Waals surface area contributed by atoms with Gasteiger partial charge >= 0.3 is 5.97 Å². The Morgan fingerprint density at radius 2 is 1.88 bits per heavy atom. The van der Waals surface area contributed by atoms with E-state index in [9.17, 15) is 9.90 Å². The van der Waals surface area contributed by atoms with Gasteiger partial charge in [-0.15, -0.1) is 0 Å². The summed E-state index contributed by atoms with van der Waals surface area (Å²) in [5.41, 5.74) is 3.97. The van der Waals surface area contributed by atoms with Gasteiger partial charge in [0.15, 0.2) is 5.76 Å². The average molecular weight is 457 g/mol. The molecule has 0 aliphatic rings. The second kappa shape index (κ2) is 10.6. The van der Waals surface area contributed by atoms with Gasteiger partial charge in [-0.25, -0.2) is 4.98 Å². The number of hydrogen-bond donors (Lipinski definition) is 3. The van der Waals surface area contributed by atoms with E-state index in [0.29, 0.717) is 24.7 Å². The van der Waals surface area contributed by atoms with Gasteiger partial charge < -0.3 is 24.6 Å². The molecule has 0 bridgehead atoms. The molecule has 4 aromatic rings. The first kappa shape index (κ1) is 22.9. The lowest BCUT2D eigenvalue weighted by Gasteiger charge is -2.07. The zero-order valence-electron chi connectivity index (χ0n) is 18.5. The standard InChI is InChI=1S/C25H23N5O4/c1-17(31)25-27-10-11-30(25)16-22-12-23(34-29-22)20-7-4-18(5-8-20)2-3-19-6-9-21(28-13-19)14-26-15-24(32)33/h4-13,17,26,31H,14-16H2,1H3,(H,32,33)/t17-/m0/s1. The third kappa shape index (κ3) is 5.95. The minimum Gasteiger partial charge on any atom is -0.480 e. The predicted octanol–water partition coefficient (Wildman–Crippen LogP) is 2.61. The number of aliphatic hydroxyl groups is 1. The van der Waals surface area contributed by atoms with Gasteiger partial charge in [0.05, 0.1) is 18.8 Å². The van der Waals surface area contributed by atoms with Gasteiger partial charge in [0.25, 0.3) is 0 Å². The molecule has 0 fully saturated rings. The molecular weight excluding hydrogens is 434 g/mol. The molecule has 3 N–H and O–H groups in total. The van der Waals surface area contributed by atoms with Gasteiger partial charge in [0, 0.05) is 47.9 Å². The molecule has 0 saturated heterocycles. The van der Waals surface area contributed by atoms with E-state index in [0.717, 1.165) is 28.1 Å². The van der Waals surface area contributed by atoms with E-state index >= 15 is 0 Å². The van der Waals surface area contributed by atoms with E-state index in [-0.39, 0.29) is 6.54 Å². The van der Waals surface area contributed by atoms with Crippen LogP contribution in [0.4, 0.5) is 0 Å². The molecule has 0 unspecified atom stereocenters. The maximum atomic E-state index is 10.5. The second-order valence-electron chi connectivity index (χ2n) is 7.63. The topological polar surface area (TPSA) is 126 Å². The quantitative estimate of drug-likeness (QED) is 0.345. The van der Waals surface area contributed by atoms with Crippen LogP contribution in [0.15, 0.2) is 65.6 Å². The van der Waals surface area contributed by atoms with Crippen molar-refractivity contribution in [2.75, 3.05) is 6.54 Å². The smallest absolute Gasteiger partial charge is 0.317 e. The molecule has 1 atom stereocenters. The van der Waals surface area contributed by atoms with Crippen LogP contribution in [0.2, 0.25) is 0 Å². The van der Waals surface area contributed by atoms with Crippen LogP contribution in [0.25, 0.3) is 11.3 Å². The van der Waals surface area contributed by atoms with Crippen LogP contribution in [-0.2, 0) is 17.9 Å². The Bertz CT molecular complexity index is 1310. The van der Waals surface area contributed by atoms with Crippen molar-refractivity contribution in [3.63, 3.8) is 0 Å². The van der Waals surface area contributed by atoms with Crippen LogP contribution in [-0.4, -0.2) is 42.4 Å². The number of benzene rings is 1. The van der Waals surface area contributed by atoms with Crippen molar-refractivity contribution >= 4 is 5.97 Å². The molecule has 9 heteroatoms. The van der Waals surface area contributed by atoms with Crippen molar-refractivity contribution in [1.29, 1.82) is 0 Å². The molecule has 4 rings (SSSR count). The number of hydrogen-bond acceptors (Lipinski definition) is 7. The fourth-order valence-electron chi connectivity index (χ4n) is 3.28. The largest absolute Gasteiger partial charge is 0.480 e. The van der Waals surface area contributed by atoms with E-state index in [1.54, 1.807) is 25.5 Å². The Morgan fingerprint density at radius 1 is 1.12 bits per heavy atom. The van der Waals surface area contributed by atoms with Crippen LogP contribution < -0.4 is 5.32 Å². The van der Waals surface area contributed by atoms with Crippen molar-refractivity contribution in [1.82, 2.24) is 25.0 Å². The second-order valence-corrected chi connectivity index (χ2v) is 7.63. The molecule has 0 spiro atoms. The van der Waals surface area contributed by atoms with Gasteiger partial charge in [-0.05, 0) is 43.3 Å². The first-order valence-corrected chi connectivity index (χ1v) is 10.6. The Labute approximate surface area is 196 Å². The highest BCUT2D eigenvalue weighted by Gasteiger charge is 2.12. The predicted molar refractivity (Wildman–Crippen MR) is 123 cm³/mol. The first-order valence-electron chi connectivity index (χ1n) is 10.6. The number of aliphatic hydroxyl groups excluding tert-OH is 1. The summed E-state index contributed by atoms with van der Waals surface area (Å²) in [5.74, 6) is 6.49. The summed E-state index contributed by atoms with van der Waals surface area (Å²) >= 11 is 0. The fourth-order valence-corrected chi connectivity index (χ4v) is 3.28. The Morgan fingerprint density at radius 3 is 2.59 bits per heavy atom.